The zero-order valence-electron chi connectivity index (χ0n) is 14.5. The first-order chi connectivity index (χ1) is 12.1. The first-order valence-electron chi connectivity index (χ1n) is 8.33. The molecule has 1 aliphatic rings. The molecule has 1 aromatic heterocycles. The van der Waals surface area contributed by atoms with Crippen LogP contribution in [0.1, 0.15) is 18.4 Å². The van der Waals surface area contributed by atoms with E-state index in [1.54, 1.807) is 7.11 Å². The number of hydrogen-bond acceptors (Lipinski definition) is 6. The molecule has 25 heavy (non-hydrogen) atoms. The maximum atomic E-state index is 12.4. The van der Waals surface area contributed by atoms with Crippen LogP contribution >= 0.6 is 11.3 Å². The number of ether oxygens (including phenoxy) is 2. The van der Waals surface area contributed by atoms with Crippen molar-refractivity contribution in [1.29, 1.82) is 0 Å². The summed E-state index contributed by atoms with van der Waals surface area (Å²) in [7, 11) is 1.64. The van der Waals surface area contributed by atoms with Crippen LogP contribution in [-0.2, 0) is 9.53 Å². The highest BCUT2D eigenvalue weighted by atomic mass is 32.1. The molecule has 1 amide bonds. The zero-order chi connectivity index (χ0) is 17.8. The number of methoxy groups -OCH3 is 1. The molecule has 6 nitrogen and oxygen atoms in total. The Morgan fingerprint density at radius 1 is 1.44 bits per heavy atom. The summed E-state index contributed by atoms with van der Waals surface area (Å²) in [5.41, 5.74) is 8.92. The van der Waals surface area contributed by atoms with Gasteiger partial charge in [-0.05, 0) is 37.8 Å². The van der Waals surface area contributed by atoms with Gasteiger partial charge in [-0.3, -0.25) is 4.79 Å². The lowest BCUT2D eigenvalue weighted by Gasteiger charge is -2.26. The van der Waals surface area contributed by atoms with Crippen molar-refractivity contribution in [3.8, 4) is 17.0 Å². The largest absolute Gasteiger partial charge is 0.496 e. The van der Waals surface area contributed by atoms with Gasteiger partial charge >= 0.3 is 0 Å². The van der Waals surface area contributed by atoms with Crippen molar-refractivity contribution < 1.29 is 14.3 Å². The van der Waals surface area contributed by atoms with Crippen LogP contribution in [0, 0.1) is 12.8 Å². The zero-order valence-corrected chi connectivity index (χ0v) is 15.3. The predicted molar refractivity (Wildman–Crippen MR) is 99.0 cm³/mol. The van der Waals surface area contributed by atoms with Crippen molar-refractivity contribution in [3.63, 3.8) is 0 Å². The van der Waals surface area contributed by atoms with E-state index in [-0.39, 0.29) is 11.8 Å². The average molecular weight is 361 g/mol. The lowest BCUT2D eigenvalue weighted by molar-refractivity contribution is -0.119. The molecule has 0 radical (unpaired) electrons. The van der Waals surface area contributed by atoms with Gasteiger partial charge in [0.05, 0.1) is 18.8 Å². The highest BCUT2D eigenvalue weighted by Crippen LogP contribution is 2.33. The van der Waals surface area contributed by atoms with E-state index in [9.17, 15) is 4.79 Å². The molecule has 1 unspecified atom stereocenters. The standard InChI is InChI=1S/C18H23N3O3S/c1-11-3-4-15(23-2)13(9-11)14-10-25-18(20-14)21-17(22)16(19)12-5-7-24-8-6-12/h3-4,9-10,12,16H,5-8,19H2,1-2H3,(H,20,21,22). The van der Waals surface area contributed by atoms with E-state index < -0.39 is 6.04 Å². The van der Waals surface area contributed by atoms with Crippen molar-refractivity contribution in [2.24, 2.45) is 11.7 Å². The Hall–Kier alpha value is -1.96. The minimum absolute atomic E-state index is 0.157. The number of thiazole rings is 1. The van der Waals surface area contributed by atoms with Crippen molar-refractivity contribution >= 4 is 22.4 Å². The molecule has 7 heteroatoms. The highest BCUT2D eigenvalue weighted by molar-refractivity contribution is 7.14. The van der Waals surface area contributed by atoms with Crippen LogP contribution in [0.2, 0.25) is 0 Å². The van der Waals surface area contributed by atoms with E-state index in [4.69, 9.17) is 15.2 Å². The maximum Gasteiger partial charge on any atom is 0.243 e. The number of nitrogens with zero attached hydrogens (tertiary/aromatic N) is 1. The summed E-state index contributed by atoms with van der Waals surface area (Å²) in [5.74, 6) is 0.724. The summed E-state index contributed by atoms with van der Waals surface area (Å²) < 4.78 is 10.7. The third-order valence-corrected chi connectivity index (χ3v) is 5.20. The molecule has 3 rings (SSSR count). The van der Waals surface area contributed by atoms with E-state index >= 15 is 0 Å². The second kappa shape index (κ2) is 7.95. The number of carbonyl (C=O) groups excluding carboxylic acids is 1. The maximum absolute atomic E-state index is 12.4. The van der Waals surface area contributed by atoms with Crippen LogP contribution in [0.3, 0.4) is 0 Å². The van der Waals surface area contributed by atoms with Crippen molar-refractivity contribution in [2.75, 3.05) is 25.6 Å². The number of amides is 1. The Labute approximate surface area is 151 Å². The molecule has 0 bridgehead atoms. The molecular formula is C18H23N3O3S. The van der Waals surface area contributed by atoms with Crippen molar-refractivity contribution in [1.82, 2.24) is 4.98 Å². The number of aryl methyl sites for hydroxylation is 1. The number of hydrogen-bond donors (Lipinski definition) is 2. The Kier molecular flexibility index (Phi) is 5.67. The lowest BCUT2D eigenvalue weighted by atomic mass is 9.92. The minimum atomic E-state index is -0.537. The molecule has 2 heterocycles. The van der Waals surface area contributed by atoms with Crippen LogP contribution in [0.5, 0.6) is 5.75 Å². The van der Waals surface area contributed by atoms with E-state index in [1.807, 2.05) is 30.5 Å². The fraction of sp³-hybridized carbons (Fsp3) is 0.444. The van der Waals surface area contributed by atoms with Gasteiger partial charge in [0.1, 0.15) is 5.75 Å². The first kappa shape index (κ1) is 17.8. The second-order valence-corrected chi connectivity index (χ2v) is 7.06. The third kappa shape index (κ3) is 4.18. The molecule has 1 atom stereocenters. The first-order valence-corrected chi connectivity index (χ1v) is 9.21. The van der Waals surface area contributed by atoms with Gasteiger partial charge in [0, 0.05) is 24.2 Å². The number of anilines is 1. The summed E-state index contributed by atoms with van der Waals surface area (Å²) in [5, 5.41) is 5.30. The van der Waals surface area contributed by atoms with Gasteiger partial charge in [-0.1, -0.05) is 11.6 Å². The van der Waals surface area contributed by atoms with Gasteiger partial charge in [-0.2, -0.15) is 0 Å². The monoisotopic (exact) mass is 361 g/mol. The predicted octanol–water partition coefficient (Wildman–Crippen LogP) is 2.82. The second-order valence-electron chi connectivity index (χ2n) is 6.21. The number of benzene rings is 1. The Morgan fingerprint density at radius 2 is 2.20 bits per heavy atom. The van der Waals surface area contributed by atoms with Crippen molar-refractivity contribution in [2.45, 2.75) is 25.8 Å². The van der Waals surface area contributed by atoms with Gasteiger partial charge in [0.15, 0.2) is 5.13 Å². The van der Waals surface area contributed by atoms with Crippen LogP contribution in [0.4, 0.5) is 5.13 Å². The van der Waals surface area contributed by atoms with Gasteiger partial charge in [0.25, 0.3) is 0 Å². The molecule has 3 N–H and O–H groups in total. The molecule has 2 aromatic rings. The van der Waals surface area contributed by atoms with E-state index in [2.05, 4.69) is 10.3 Å². The van der Waals surface area contributed by atoms with E-state index in [0.29, 0.717) is 18.3 Å². The average Bonchev–Trinajstić information content (AvgIpc) is 3.10. The van der Waals surface area contributed by atoms with E-state index in [1.165, 1.54) is 11.3 Å². The van der Waals surface area contributed by atoms with Gasteiger partial charge in [-0.25, -0.2) is 4.98 Å². The van der Waals surface area contributed by atoms with Gasteiger partial charge in [0.2, 0.25) is 5.91 Å². The Balaban J connectivity index is 1.71. The number of carbonyl (C=O) groups is 1. The minimum Gasteiger partial charge on any atom is -0.496 e. The number of aromatic nitrogens is 1. The molecule has 134 valence electrons. The molecule has 0 saturated carbocycles. The highest BCUT2D eigenvalue weighted by Gasteiger charge is 2.27. The topological polar surface area (TPSA) is 86.5 Å². The number of nitrogens with one attached hydrogen (secondary N) is 1. The molecule has 1 aliphatic heterocycles. The van der Waals surface area contributed by atoms with Gasteiger partial charge in [-0.15, -0.1) is 11.3 Å². The summed E-state index contributed by atoms with van der Waals surface area (Å²) >= 11 is 1.38. The van der Waals surface area contributed by atoms with Crippen LogP contribution in [0.15, 0.2) is 23.6 Å². The molecule has 1 aromatic carbocycles. The summed E-state index contributed by atoms with van der Waals surface area (Å²) in [6, 6.07) is 5.39. The fourth-order valence-corrected chi connectivity index (χ4v) is 3.67. The van der Waals surface area contributed by atoms with Crippen LogP contribution < -0.4 is 15.8 Å². The molecule has 1 saturated heterocycles. The quantitative estimate of drug-likeness (QED) is 0.855. The normalized spacial score (nSPS) is 16.4. The smallest absolute Gasteiger partial charge is 0.243 e. The van der Waals surface area contributed by atoms with Crippen molar-refractivity contribution in [3.05, 3.63) is 29.1 Å². The Bertz CT molecular complexity index is 741. The van der Waals surface area contributed by atoms with E-state index in [0.717, 1.165) is 35.4 Å². The summed E-state index contributed by atoms with van der Waals surface area (Å²) in [4.78, 5) is 16.9. The SMILES string of the molecule is COc1ccc(C)cc1-c1csc(NC(=O)C(N)C2CCOCC2)n1. The van der Waals surface area contributed by atoms with Crippen LogP contribution in [-0.4, -0.2) is 37.3 Å². The van der Waals surface area contributed by atoms with Gasteiger partial charge < -0.3 is 20.5 Å². The lowest BCUT2D eigenvalue weighted by Crippen LogP contribution is -2.43. The fourth-order valence-electron chi connectivity index (χ4n) is 2.95. The Morgan fingerprint density at radius 3 is 2.92 bits per heavy atom. The summed E-state index contributed by atoms with van der Waals surface area (Å²) in [6.45, 7) is 3.35. The van der Waals surface area contributed by atoms with Crippen LogP contribution in [0.25, 0.3) is 11.3 Å². The number of rotatable bonds is 5. The molecular weight excluding hydrogens is 338 g/mol. The third-order valence-electron chi connectivity index (χ3n) is 4.44. The summed E-state index contributed by atoms with van der Waals surface area (Å²) in [6.07, 6.45) is 1.64. The number of nitrogens with two attached hydrogens (primary N) is 1. The molecule has 1 fully saturated rings. The molecule has 0 aliphatic carbocycles. The molecule has 0 spiro atoms.